The minimum absolute atomic E-state index is 0.278. The van der Waals surface area contributed by atoms with E-state index in [-0.39, 0.29) is 5.92 Å². The van der Waals surface area contributed by atoms with E-state index in [2.05, 4.69) is 10.2 Å². The van der Waals surface area contributed by atoms with E-state index in [1.54, 1.807) is 18.9 Å². The van der Waals surface area contributed by atoms with Gasteiger partial charge in [-0.3, -0.25) is 4.57 Å². The van der Waals surface area contributed by atoms with E-state index < -0.39 is 4.33 Å². The second-order valence-corrected chi connectivity index (χ2v) is 9.04. The summed E-state index contributed by atoms with van der Waals surface area (Å²) in [6.45, 7) is 0.299. The number of methoxy groups -OCH3 is 1. The normalized spacial score (nSPS) is 17.3. The highest BCUT2D eigenvalue weighted by Crippen LogP contribution is 2.54. The molecule has 5 nitrogen and oxygen atoms in total. The van der Waals surface area contributed by atoms with Gasteiger partial charge in [-0.1, -0.05) is 30.0 Å². The van der Waals surface area contributed by atoms with Crippen LogP contribution in [0.3, 0.4) is 0 Å². The van der Waals surface area contributed by atoms with Crippen LogP contribution in [0.15, 0.2) is 59.8 Å². The second kappa shape index (κ2) is 8.23. The Kier molecular flexibility index (Phi) is 5.71. The van der Waals surface area contributed by atoms with Crippen molar-refractivity contribution in [1.29, 1.82) is 0 Å². The van der Waals surface area contributed by atoms with Gasteiger partial charge in [0.05, 0.1) is 7.11 Å². The topological polar surface area (TPSA) is 49.2 Å². The van der Waals surface area contributed by atoms with Crippen molar-refractivity contribution in [2.75, 3.05) is 12.9 Å². The van der Waals surface area contributed by atoms with Crippen molar-refractivity contribution < 1.29 is 9.47 Å². The van der Waals surface area contributed by atoms with Crippen LogP contribution >= 0.6 is 35.0 Å². The largest absolute Gasteiger partial charge is 0.497 e. The first kappa shape index (κ1) is 19.4. The average Bonchev–Trinajstić information content (AvgIpc) is 3.14. The molecule has 3 aromatic rings. The Hall–Kier alpha value is -1.89. The highest BCUT2D eigenvalue weighted by Gasteiger charge is 2.51. The fourth-order valence-corrected chi connectivity index (χ4v) is 4.67. The minimum atomic E-state index is -0.592. The molecule has 1 unspecified atom stereocenters. The van der Waals surface area contributed by atoms with Crippen LogP contribution in [0.2, 0.25) is 0 Å². The Labute approximate surface area is 178 Å². The summed E-state index contributed by atoms with van der Waals surface area (Å²) in [5, 5.41) is 9.52. The molecule has 1 heterocycles. The van der Waals surface area contributed by atoms with Crippen molar-refractivity contribution in [3.8, 4) is 17.2 Å². The second-order valence-electron chi connectivity index (χ2n) is 6.51. The molecule has 1 aliphatic carbocycles. The molecule has 0 spiro atoms. The molecule has 0 saturated heterocycles. The lowest BCUT2D eigenvalue weighted by molar-refractivity contribution is 0.292. The van der Waals surface area contributed by atoms with Crippen LogP contribution in [0.1, 0.15) is 12.2 Å². The lowest BCUT2D eigenvalue weighted by Crippen LogP contribution is -2.07. The van der Waals surface area contributed by atoms with Crippen LogP contribution < -0.4 is 9.47 Å². The van der Waals surface area contributed by atoms with Crippen molar-refractivity contribution >= 4 is 35.0 Å². The number of thioether (sulfide) groups is 1. The molecule has 1 saturated carbocycles. The summed E-state index contributed by atoms with van der Waals surface area (Å²) in [4.78, 5) is 0. The average molecular weight is 436 g/mol. The number of ether oxygens (including phenoxy) is 2. The van der Waals surface area contributed by atoms with Gasteiger partial charge in [0.25, 0.3) is 0 Å². The zero-order valence-corrected chi connectivity index (χ0v) is 17.5. The van der Waals surface area contributed by atoms with E-state index in [4.69, 9.17) is 32.7 Å². The maximum absolute atomic E-state index is 6.15. The third kappa shape index (κ3) is 4.40. The molecule has 2 aromatic carbocycles. The summed E-state index contributed by atoms with van der Waals surface area (Å²) in [6, 6.07) is 17.5. The highest BCUT2D eigenvalue weighted by atomic mass is 35.5. The van der Waals surface area contributed by atoms with Crippen molar-refractivity contribution in [2.45, 2.75) is 22.5 Å². The van der Waals surface area contributed by atoms with Crippen LogP contribution in [0, 0.1) is 5.92 Å². The van der Waals surface area contributed by atoms with Gasteiger partial charge in [-0.15, -0.1) is 33.4 Å². The monoisotopic (exact) mass is 435 g/mol. The maximum atomic E-state index is 6.15. The Morgan fingerprint density at radius 1 is 1.07 bits per heavy atom. The number of rotatable bonds is 8. The Bertz CT molecular complexity index is 932. The molecule has 8 heteroatoms. The van der Waals surface area contributed by atoms with Crippen LogP contribution in [0.4, 0.5) is 0 Å². The molecule has 146 valence electrons. The van der Waals surface area contributed by atoms with Crippen LogP contribution in [-0.4, -0.2) is 32.0 Å². The molecule has 1 aliphatic rings. The maximum Gasteiger partial charge on any atom is 0.195 e. The predicted octanol–water partition coefficient (Wildman–Crippen LogP) is 5.14. The number of hydrogen-bond donors (Lipinski definition) is 0. The quantitative estimate of drug-likeness (QED) is 0.362. The first-order valence-corrected chi connectivity index (χ1v) is 10.6. The van der Waals surface area contributed by atoms with E-state index in [1.807, 2.05) is 59.2 Å². The van der Waals surface area contributed by atoms with Crippen molar-refractivity contribution in [3.63, 3.8) is 0 Å². The molecule has 4 rings (SSSR count). The number of benzene rings is 2. The van der Waals surface area contributed by atoms with Gasteiger partial charge in [0.15, 0.2) is 11.0 Å². The number of para-hydroxylation sites is 1. The smallest absolute Gasteiger partial charge is 0.195 e. The van der Waals surface area contributed by atoms with E-state index in [0.717, 1.165) is 40.3 Å². The number of nitrogens with zero attached hydrogens (tertiary/aromatic N) is 3. The summed E-state index contributed by atoms with van der Waals surface area (Å²) in [5.41, 5.74) is 0.988. The Balaban J connectivity index is 1.52. The highest BCUT2D eigenvalue weighted by molar-refractivity contribution is 7.99. The summed E-state index contributed by atoms with van der Waals surface area (Å²) >= 11 is 13.9. The minimum Gasteiger partial charge on any atom is -0.497 e. The zero-order valence-electron chi connectivity index (χ0n) is 15.2. The first-order valence-electron chi connectivity index (χ1n) is 8.84. The van der Waals surface area contributed by atoms with Gasteiger partial charge in [-0.2, -0.15) is 0 Å². The summed E-state index contributed by atoms with van der Waals surface area (Å²) < 4.78 is 12.5. The lowest BCUT2D eigenvalue weighted by atomic mass is 10.3. The van der Waals surface area contributed by atoms with Gasteiger partial charge >= 0.3 is 0 Å². The Morgan fingerprint density at radius 3 is 2.39 bits per heavy atom. The molecule has 1 aromatic heterocycles. The van der Waals surface area contributed by atoms with Gasteiger partial charge in [0.2, 0.25) is 0 Å². The summed E-state index contributed by atoms with van der Waals surface area (Å²) in [6.07, 6.45) is 0.815. The Morgan fingerprint density at radius 2 is 1.75 bits per heavy atom. The number of alkyl halides is 2. The van der Waals surface area contributed by atoms with Crippen LogP contribution in [0.5, 0.6) is 11.5 Å². The molecule has 0 bridgehead atoms. The SMILES string of the molecule is COc1ccc(OCc2nnc(SCC3CC3(Cl)Cl)n2-c2ccccc2)cc1. The van der Waals surface area contributed by atoms with Gasteiger partial charge in [0, 0.05) is 17.4 Å². The van der Waals surface area contributed by atoms with Crippen molar-refractivity contribution in [1.82, 2.24) is 14.8 Å². The van der Waals surface area contributed by atoms with E-state index in [0.29, 0.717) is 6.61 Å². The first-order chi connectivity index (χ1) is 13.6. The summed E-state index contributed by atoms with van der Waals surface area (Å²) in [7, 11) is 1.64. The van der Waals surface area contributed by atoms with E-state index in [1.165, 1.54) is 0 Å². The predicted molar refractivity (Wildman–Crippen MR) is 112 cm³/mol. The number of hydrogen-bond acceptors (Lipinski definition) is 5. The van der Waals surface area contributed by atoms with Crippen LogP contribution in [0.25, 0.3) is 5.69 Å². The van der Waals surface area contributed by atoms with E-state index >= 15 is 0 Å². The lowest BCUT2D eigenvalue weighted by Gasteiger charge is -2.11. The van der Waals surface area contributed by atoms with Gasteiger partial charge < -0.3 is 9.47 Å². The van der Waals surface area contributed by atoms with Crippen LogP contribution in [-0.2, 0) is 6.61 Å². The number of aromatic nitrogens is 3. The molecular weight excluding hydrogens is 417 g/mol. The molecule has 0 radical (unpaired) electrons. The molecule has 1 fully saturated rings. The molecular formula is C20H19Cl2N3O2S. The third-order valence-corrected chi connectivity index (χ3v) is 6.53. The van der Waals surface area contributed by atoms with Gasteiger partial charge in [-0.05, 0) is 42.8 Å². The fraction of sp³-hybridized carbons (Fsp3) is 0.300. The molecule has 0 N–H and O–H groups in total. The molecule has 28 heavy (non-hydrogen) atoms. The van der Waals surface area contributed by atoms with Gasteiger partial charge in [-0.25, -0.2) is 0 Å². The van der Waals surface area contributed by atoms with Crippen molar-refractivity contribution in [2.24, 2.45) is 5.92 Å². The third-order valence-electron chi connectivity index (χ3n) is 4.51. The van der Waals surface area contributed by atoms with E-state index in [9.17, 15) is 0 Å². The molecule has 0 aliphatic heterocycles. The fourth-order valence-electron chi connectivity index (χ4n) is 2.77. The van der Waals surface area contributed by atoms with Gasteiger partial charge in [0.1, 0.15) is 22.4 Å². The van der Waals surface area contributed by atoms with Crippen molar-refractivity contribution in [3.05, 3.63) is 60.4 Å². The standard InChI is InChI=1S/C20H19Cl2N3O2S/c1-26-16-7-9-17(10-8-16)27-12-18-23-24-19(28-13-14-11-20(14,21)22)25(18)15-5-3-2-4-6-15/h2-10,14H,11-13H2,1H3. The summed E-state index contributed by atoms with van der Waals surface area (Å²) in [5.74, 6) is 3.33. The molecule has 1 atom stereocenters. The molecule has 0 amide bonds. The number of halogens is 2. The zero-order chi connectivity index (χ0) is 19.6.